The van der Waals surface area contributed by atoms with E-state index in [1.807, 2.05) is 66.7 Å². The Balaban J connectivity index is 0.00000190. The Kier molecular flexibility index (Phi) is 11.0. The zero-order valence-electron chi connectivity index (χ0n) is 19.1. The number of hydrogen-bond donors (Lipinski definition) is 2. The van der Waals surface area contributed by atoms with Crippen LogP contribution in [0.2, 0.25) is 15.1 Å². The van der Waals surface area contributed by atoms with Gasteiger partial charge in [-0.15, -0.1) is 24.8 Å². The van der Waals surface area contributed by atoms with Gasteiger partial charge in [0.25, 0.3) is 0 Å². The Labute approximate surface area is 252 Å². The van der Waals surface area contributed by atoms with Gasteiger partial charge in [0, 0.05) is 19.6 Å². The molecule has 0 saturated heterocycles. The van der Waals surface area contributed by atoms with Crippen LogP contribution in [-0.4, -0.2) is 0 Å². The van der Waals surface area contributed by atoms with Crippen LogP contribution in [0, 0.1) is 0 Å². The summed E-state index contributed by atoms with van der Waals surface area (Å²) in [5.74, 6) is 0. The van der Waals surface area contributed by atoms with E-state index in [-0.39, 0.29) is 24.8 Å². The molecule has 0 fully saturated rings. The van der Waals surface area contributed by atoms with Crippen molar-refractivity contribution in [3.8, 4) is 0 Å². The molecule has 190 valence electrons. The highest BCUT2D eigenvalue weighted by atomic mass is 35.5. The summed E-state index contributed by atoms with van der Waals surface area (Å²) in [6.07, 6.45) is 0. The molecule has 0 aliphatic carbocycles. The lowest BCUT2D eigenvalue weighted by molar-refractivity contribution is 1.35. The molecule has 0 amide bonds. The summed E-state index contributed by atoms with van der Waals surface area (Å²) in [4.78, 5) is 4.04. The number of nitrogens with one attached hydrogen (secondary N) is 2. The van der Waals surface area contributed by atoms with Crippen molar-refractivity contribution in [3.05, 3.63) is 118 Å². The molecule has 0 atom stereocenters. The molecule has 5 aromatic carbocycles. The standard InChI is InChI=1S/C28H19Cl3N2S2.2ClH/c29-23-7-3-4-8-26(23)35-28-14-11-21(17-25(28)31)33-32-20-10-13-27(24(30)16-20)34-22-12-9-18-5-1-2-6-19(18)15-22;;/h1-17,32-33H;2*1H. The number of rotatable bonds is 7. The maximum Gasteiger partial charge on any atom is 0.0566 e. The fraction of sp³-hybridized carbons (Fsp3) is 0. The van der Waals surface area contributed by atoms with Crippen molar-refractivity contribution in [2.45, 2.75) is 19.6 Å². The highest BCUT2D eigenvalue weighted by molar-refractivity contribution is 7.99. The molecular formula is C28H21Cl5N2S2. The summed E-state index contributed by atoms with van der Waals surface area (Å²) < 4.78 is 0. The van der Waals surface area contributed by atoms with Gasteiger partial charge in [-0.25, -0.2) is 0 Å². The van der Waals surface area contributed by atoms with Gasteiger partial charge in [-0.3, -0.25) is 0 Å². The fourth-order valence-corrected chi connectivity index (χ4v) is 6.02. The van der Waals surface area contributed by atoms with Crippen molar-refractivity contribution in [1.29, 1.82) is 0 Å². The van der Waals surface area contributed by atoms with Gasteiger partial charge in [0.05, 0.1) is 26.4 Å². The Morgan fingerprint density at radius 2 is 1.00 bits per heavy atom. The van der Waals surface area contributed by atoms with E-state index in [9.17, 15) is 0 Å². The second kappa shape index (κ2) is 13.8. The minimum atomic E-state index is 0. The molecule has 0 aliphatic rings. The molecule has 9 heteroatoms. The number of hydrazine groups is 1. The van der Waals surface area contributed by atoms with Gasteiger partial charge < -0.3 is 10.9 Å². The first kappa shape index (κ1) is 29.7. The van der Waals surface area contributed by atoms with Gasteiger partial charge in [0.2, 0.25) is 0 Å². The van der Waals surface area contributed by atoms with Crippen LogP contribution < -0.4 is 10.9 Å². The highest BCUT2D eigenvalue weighted by Crippen LogP contribution is 2.38. The zero-order chi connectivity index (χ0) is 24.2. The minimum Gasteiger partial charge on any atom is -0.301 e. The zero-order valence-corrected chi connectivity index (χ0v) is 24.6. The number of halogens is 5. The third-order valence-corrected chi connectivity index (χ3v) is 8.73. The van der Waals surface area contributed by atoms with E-state index in [1.165, 1.54) is 22.5 Å². The molecule has 5 rings (SSSR count). The quantitative estimate of drug-likeness (QED) is 0.176. The van der Waals surface area contributed by atoms with E-state index in [0.29, 0.717) is 15.1 Å². The van der Waals surface area contributed by atoms with Gasteiger partial charge in [0.1, 0.15) is 0 Å². The molecule has 2 nitrogen and oxygen atoms in total. The lowest BCUT2D eigenvalue weighted by Gasteiger charge is -2.13. The van der Waals surface area contributed by atoms with Crippen molar-refractivity contribution in [3.63, 3.8) is 0 Å². The number of hydrogen-bond acceptors (Lipinski definition) is 4. The van der Waals surface area contributed by atoms with Crippen molar-refractivity contribution in [2.75, 3.05) is 10.9 Å². The number of fused-ring (bicyclic) bond motifs is 1. The van der Waals surface area contributed by atoms with Crippen LogP contribution in [0.3, 0.4) is 0 Å². The van der Waals surface area contributed by atoms with Gasteiger partial charge >= 0.3 is 0 Å². The second-order valence-electron chi connectivity index (χ2n) is 7.68. The summed E-state index contributed by atoms with van der Waals surface area (Å²) in [6, 6.07) is 34.2. The predicted octanol–water partition coefficient (Wildman–Crippen LogP) is 11.4. The first-order chi connectivity index (χ1) is 17.0. The van der Waals surface area contributed by atoms with E-state index >= 15 is 0 Å². The average Bonchev–Trinajstić information content (AvgIpc) is 2.87. The molecule has 0 heterocycles. The molecule has 0 aliphatic heterocycles. The molecule has 0 saturated carbocycles. The molecular weight excluding hydrogens is 606 g/mol. The van der Waals surface area contributed by atoms with E-state index in [4.69, 9.17) is 34.8 Å². The average molecular weight is 627 g/mol. The molecule has 0 unspecified atom stereocenters. The largest absolute Gasteiger partial charge is 0.301 e. The van der Waals surface area contributed by atoms with Crippen molar-refractivity contribution in [1.82, 2.24) is 0 Å². The monoisotopic (exact) mass is 624 g/mol. The molecule has 5 aromatic rings. The Bertz CT molecular complexity index is 1510. The molecule has 2 N–H and O–H groups in total. The lowest BCUT2D eigenvalue weighted by Crippen LogP contribution is -2.08. The molecule has 0 spiro atoms. The van der Waals surface area contributed by atoms with E-state index in [1.54, 1.807) is 11.8 Å². The summed E-state index contributed by atoms with van der Waals surface area (Å²) in [5.41, 5.74) is 8.07. The Morgan fingerprint density at radius 1 is 0.459 bits per heavy atom. The first-order valence-corrected chi connectivity index (χ1v) is 13.5. The maximum atomic E-state index is 6.59. The van der Waals surface area contributed by atoms with Crippen LogP contribution in [-0.2, 0) is 0 Å². The lowest BCUT2D eigenvalue weighted by atomic mass is 10.1. The summed E-state index contributed by atoms with van der Waals surface area (Å²) in [7, 11) is 0. The Hall–Kier alpha value is -1.89. The minimum absolute atomic E-state index is 0. The van der Waals surface area contributed by atoms with Gasteiger partial charge in [-0.2, -0.15) is 0 Å². The summed E-state index contributed by atoms with van der Waals surface area (Å²) in [5, 5.41) is 4.47. The number of anilines is 2. The van der Waals surface area contributed by atoms with Crippen molar-refractivity contribution < 1.29 is 0 Å². The molecule has 0 radical (unpaired) electrons. The van der Waals surface area contributed by atoms with Crippen LogP contribution in [0.1, 0.15) is 0 Å². The van der Waals surface area contributed by atoms with Gasteiger partial charge in [-0.05, 0) is 71.4 Å². The second-order valence-corrected chi connectivity index (χ2v) is 11.1. The fourth-order valence-electron chi connectivity index (χ4n) is 3.47. The SMILES string of the molecule is Cl.Cl.Clc1cc(NNc2ccc(Sc3ccccc3Cl)c(Cl)c2)ccc1Sc1ccc2ccccc2c1. The van der Waals surface area contributed by atoms with Crippen LogP contribution in [0.25, 0.3) is 10.8 Å². The van der Waals surface area contributed by atoms with Crippen LogP contribution in [0.5, 0.6) is 0 Å². The van der Waals surface area contributed by atoms with Crippen LogP contribution in [0.4, 0.5) is 11.4 Å². The van der Waals surface area contributed by atoms with E-state index in [2.05, 4.69) is 47.2 Å². The van der Waals surface area contributed by atoms with Crippen molar-refractivity contribution in [2.24, 2.45) is 0 Å². The van der Waals surface area contributed by atoms with Crippen molar-refractivity contribution >= 4 is 105 Å². The third-order valence-electron chi connectivity index (χ3n) is 5.22. The predicted molar refractivity (Wildman–Crippen MR) is 168 cm³/mol. The number of benzene rings is 5. The smallest absolute Gasteiger partial charge is 0.0566 e. The van der Waals surface area contributed by atoms with E-state index in [0.717, 1.165) is 31.0 Å². The van der Waals surface area contributed by atoms with Gasteiger partial charge in [-0.1, -0.05) is 101 Å². The highest BCUT2D eigenvalue weighted by Gasteiger charge is 2.08. The third kappa shape index (κ3) is 7.58. The topological polar surface area (TPSA) is 24.1 Å². The molecule has 0 bridgehead atoms. The van der Waals surface area contributed by atoms with Gasteiger partial charge in [0.15, 0.2) is 0 Å². The maximum absolute atomic E-state index is 6.59. The summed E-state index contributed by atoms with van der Waals surface area (Å²) >= 11 is 22.6. The van der Waals surface area contributed by atoms with Crippen LogP contribution >= 0.6 is 83.1 Å². The first-order valence-electron chi connectivity index (χ1n) is 10.8. The normalized spacial score (nSPS) is 10.4. The molecule has 0 aromatic heterocycles. The van der Waals surface area contributed by atoms with Crippen LogP contribution in [0.15, 0.2) is 123 Å². The Morgan fingerprint density at radius 3 is 1.62 bits per heavy atom. The molecule has 37 heavy (non-hydrogen) atoms. The van der Waals surface area contributed by atoms with E-state index < -0.39 is 0 Å². The summed E-state index contributed by atoms with van der Waals surface area (Å²) in [6.45, 7) is 0.